The number of ether oxygens (including phenoxy) is 3. The van der Waals surface area contributed by atoms with E-state index in [1.54, 1.807) is 37.7 Å². The molecule has 0 radical (unpaired) electrons. The maximum Gasteiger partial charge on any atom is 0.162 e. The fraction of sp³-hybridized carbons (Fsp3) is 0.421. The Balaban J connectivity index is 0.000000301. The molecule has 0 saturated heterocycles. The van der Waals surface area contributed by atoms with E-state index in [-0.39, 0.29) is 18.8 Å². The zero-order valence-electron chi connectivity index (χ0n) is 26.8. The van der Waals surface area contributed by atoms with Crippen molar-refractivity contribution in [1.29, 1.82) is 0 Å². The van der Waals surface area contributed by atoms with Crippen molar-refractivity contribution in [3.05, 3.63) is 89.7 Å². The molecule has 0 aliphatic heterocycles. The van der Waals surface area contributed by atoms with E-state index in [4.69, 9.17) is 14.2 Å². The van der Waals surface area contributed by atoms with Crippen molar-refractivity contribution in [1.82, 2.24) is 0 Å². The largest absolute Gasteiger partial charge is 0.493 e. The molecule has 1 heterocycles. The minimum Gasteiger partial charge on any atom is -0.493 e. The van der Waals surface area contributed by atoms with E-state index in [9.17, 15) is 9.90 Å². The van der Waals surface area contributed by atoms with E-state index in [0.717, 1.165) is 69.9 Å². The van der Waals surface area contributed by atoms with Crippen LogP contribution in [0.1, 0.15) is 87.6 Å². The Kier molecular flexibility index (Phi) is 15.2. The lowest BCUT2D eigenvalue weighted by Crippen LogP contribution is -2.12. The second-order valence-corrected chi connectivity index (χ2v) is 12.0. The van der Waals surface area contributed by atoms with Crippen molar-refractivity contribution in [2.24, 2.45) is 0 Å². The molecule has 236 valence electrons. The number of aldehydes is 1. The summed E-state index contributed by atoms with van der Waals surface area (Å²) in [6, 6.07) is 15.4. The van der Waals surface area contributed by atoms with Gasteiger partial charge in [0.25, 0.3) is 0 Å². The first kappa shape index (κ1) is 35.1. The van der Waals surface area contributed by atoms with E-state index >= 15 is 0 Å². The van der Waals surface area contributed by atoms with Gasteiger partial charge in [0.2, 0.25) is 0 Å². The van der Waals surface area contributed by atoms with Crippen LogP contribution in [0.5, 0.6) is 11.5 Å². The van der Waals surface area contributed by atoms with Gasteiger partial charge in [-0.1, -0.05) is 56.7 Å². The van der Waals surface area contributed by atoms with E-state index < -0.39 is 0 Å². The zero-order chi connectivity index (χ0) is 31.7. The number of hydrogen-bond donors (Lipinski definition) is 1. The lowest BCUT2D eigenvalue weighted by Gasteiger charge is -2.17. The number of hydrogen-bond acceptors (Lipinski definition) is 6. The molecule has 6 heteroatoms. The first-order chi connectivity index (χ1) is 21.5. The molecule has 2 aromatic carbocycles. The number of aliphatic hydroxyl groups is 1. The number of rotatable bonds is 15. The highest BCUT2D eigenvalue weighted by Crippen LogP contribution is 2.41. The van der Waals surface area contributed by atoms with Crippen molar-refractivity contribution in [3.8, 4) is 32.4 Å². The van der Waals surface area contributed by atoms with Crippen LogP contribution in [0.25, 0.3) is 20.9 Å². The molecular formula is C38H48O5S. The summed E-state index contributed by atoms with van der Waals surface area (Å²) in [5.41, 5.74) is 7.74. The van der Waals surface area contributed by atoms with Crippen molar-refractivity contribution >= 4 is 17.6 Å². The summed E-state index contributed by atoms with van der Waals surface area (Å²) in [5.74, 6) is 1.51. The topological polar surface area (TPSA) is 65.0 Å². The van der Waals surface area contributed by atoms with Gasteiger partial charge in [-0.3, -0.25) is 4.79 Å². The molecule has 44 heavy (non-hydrogen) atoms. The first-order valence-corrected chi connectivity index (χ1v) is 16.5. The number of allylic oxidation sites excluding steroid dienone is 1. The van der Waals surface area contributed by atoms with E-state index in [2.05, 4.69) is 32.2 Å². The van der Waals surface area contributed by atoms with Gasteiger partial charge in [-0.25, -0.2) is 0 Å². The lowest BCUT2D eigenvalue weighted by atomic mass is 10.00. The fourth-order valence-electron chi connectivity index (χ4n) is 5.41. The quantitative estimate of drug-likeness (QED) is 0.0797. The number of aliphatic hydroxyl groups excluding tert-OH is 1. The Morgan fingerprint density at radius 2 is 1.80 bits per heavy atom. The molecule has 5 nitrogen and oxygen atoms in total. The van der Waals surface area contributed by atoms with Crippen molar-refractivity contribution in [2.75, 3.05) is 14.2 Å². The Morgan fingerprint density at radius 3 is 2.39 bits per heavy atom. The van der Waals surface area contributed by atoms with E-state index in [1.807, 2.05) is 42.5 Å². The summed E-state index contributed by atoms with van der Waals surface area (Å²) < 4.78 is 17.2. The maximum atomic E-state index is 10.9. The van der Waals surface area contributed by atoms with Crippen LogP contribution in [0, 0.1) is 0 Å². The summed E-state index contributed by atoms with van der Waals surface area (Å²) in [4.78, 5) is 13.0. The highest BCUT2D eigenvalue weighted by Gasteiger charge is 2.20. The maximum absolute atomic E-state index is 10.9. The van der Waals surface area contributed by atoms with Crippen molar-refractivity contribution in [3.63, 3.8) is 0 Å². The molecule has 0 bridgehead atoms. The van der Waals surface area contributed by atoms with Crippen LogP contribution in [-0.4, -0.2) is 37.8 Å². The third-order valence-electron chi connectivity index (χ3n) is 7.95. The molecule has 3 aromatic rings. The molecule has 0 spiro atoms. The van der Waals surface area contributed by atoms with Crippen LogP contribution in [-0.2, 0) is 11.3 Å². The fourth-order valence-corrected chi connectivity index (χ4v) is 6.59. The average Bonchev–Trinajstić information content (AvgIpc) is 3.75. The number of carbonyl (C=O) groups is 1. The van der Waals surface area contributed by atoms with E-state index in [0.29, 0.717) is 5.56 Å². The van der Waals surface area contributed by atoms with Crippen LogP contribution >= 0.6 is 11.3 Å². The molecule has 0 unspecified atom stereocenters. The zero-order valence-corrected chi connectivity index (χ0v) is 27.6. The van der Waals surface area contributed by atoms with Gasteiger partial charge in [0.05, 0.1) is 25.9 Å². The predicted molar refractivity (Wildman–Crippen MR) is 183 cm³/mol. The van der Waals surface area contributed by atoms with Crippen LogP contribution in [0.15, 0.2) is 78.6 Å². The van der Waals surface area contributed by atoms with E-state index in [1.165, 1.54) is 37.7 Å². The first-order valence-electron chi connectivity index (χ1n) is 15.7. The molecule has 1 aromatic heterocycles. The van der Waals surface area contributed by atoms with Crippen LogP contribution in [0.4, 0.5) is 0 Å². The second kappa shape index (κ2) is 19.1. The second-order valence-electron chi connectivity index (χ2n) is 10.9. The van der Waals surface area contributed by atoms with Crippen LogP contribution < -0.4 is 9.47 Å². The van der Waals surface area contributed by atoms with Crippen molar-refractivity contribution in [2.45, 2.75) is 90.4 Å². The summed E-state index contributed by atoms with van der Waals surface area (Å²) in [6.45, 7) is 7.85. The summed E-state index contributed by atoms with van der Waals surface area (Å²) >= 11 is 1.62. The molecule has 0 amide bonds. The molecule has 1 atom stereocenters. The Bertz CT molecular complexity index is 1370. The summed E-state index contributed by atoms with van der Waals surface area (Å²) in [7, 11) is 3.43. The van der Waals surface area contributed by atoms with Crippen molar-refractivity contribution < 1.29 is 24.1 Å². The summed E-state index contributed by atoms with van der Waals surface area (Å²) in [6.07, 6.45) is 15.9. The SMILES string of the molecule is C=C=CC[C@H](OC)/C(=C\C)CCCCC.COc1ccc(-c2cc(CO)c(-c3ccc(C=O)cc3)s2)cc1OC1CCCC1. The van der Waals surface area contributed by atoms with Crippen LogP contribution in [0.2, 0.25) is 0 Å². The normalized spacial score (nSPS) is 13.9. The smallest absolute Gasteiger partial charge is 0.162 e. The molecule has 4 rings (SSSR count). The monoisotopic (exact) mass is 616 g/mol. The van der Waals surface area contributed by atoms with Gasteiger partial charge >= 0.3 is 0 Å². The van der Waals surface area contributed by atoms with Gasteiger partial charge in [0, 0.05) is 28.8 Å². The molecule has 1 saturated carbocycles. The predicted octanol–water partition coefficient (Wildman–Crippen LogP) is 9.98. The molecule has 1 fully saturated rings. The third-order valence-corrected chi connectivity index (χ3v) is 9.22. The minimum absolute atomic E-state index is 0.0388. The van der Waals surface area contributed by atoms with Gasteiger partial charge in [-0.15, -0.1) is 17.1 Å². The van der Waals surface area contributed by atoms with Crippen LogP contribution in [0.3, 0.4) is 0 Å². The van der Waals surface area contributed by atoms with Gasteiger partial charge in [0.1, 0.15) is 6.29 Å². The number of methoxy groups -OCH3 is 2. The van der Waals surface area contributed by atoms with Gasteiger partial charge in [-0.05, 0) is 98.1 Å². The molecule has 1 N–H and O–H groups in total. The average molecular weight is 617 g/mol. The lowest BCUT2D eigenvalue weighted by molar-refractivity contribution is 0.112. The highest BCUT2D eigenvalue weighted by molar-refractivity contribution is 7.19. The van der Waals surface area contributed by atoms with Gasteiger partial charge < -0.3 is 19.3 Å². The minimum atomic E-state index is -0.0388. The number of benzene rings is 2. The Morgan fingerprint density at radius 1 is 1.07 bits per heavy atom. The highest BCUT2D eigenvalue weighted by atomic mass is 32.1. The molecule has 1 aliphatic rings. The number of carbonyl (C=O) groups excluding carboxylic acids is 1. The van der Waals surface area contributed by atoms with Gasteiger partial charge in [0.15, 0.2) is 11.5 Å². The number of unbranched alkanes of at least 4 members (excludes halogenated alkanes) is 2. The third kappa shape index (κ3) is 10.1. The van der Waals surface area contributed by atoms with Gasteiger partial charge in [-0.2, -0.15) is 0 Å². The number of thiophene rings is 1. The Labute approximate surface area is 267 Å². The molecular weight excluding hydrogens is 568 g/mol. The Hall–Kier alpha value is -3.41. The molecule has 1 aliphatic carbocycles. The standard InChI is InChI=1S/C24H24O4S.C14H24O/c1-27-21-11-10-18(12-22(21)28-20-4-2-3-5-20)23-13-19(15-26)24(29-23)17-8-6-16(14-25)7-9-17;1-5-8-10-11-13(7-3)14(15-4)12-9-6-2/h6-14,20,26H,2-5,15H2,1H3;7,9,14H,2,5,8,10-12H2,1,3-4H3/b;13-7-/t;14-/m.0/s1. The summed E-state index contributed by atoms with van der Waals surface area (Å²) in [5, 5.41) is 9.87.